The zero-order chi connectivity index (χ0) is 17.0. The van der Waals surface area contributed by atoms with Gasteiger partial charge in [0.15, 0.2) is 0 Å². The molecule has 0 aliphatic rings. The van der Waals surface area contributed by atoms with Gasteiger partial charge in [0, 0.05) is 10.3 Å². The van der Waals surface area contributed by atoms with Gasteiger partial charge in [-0.1, -0.05) is 30.1 Å². The second kappa shape index (κ2) is 7.37. The van der Waals surface area contributed by atoms with Gasteiger partial charge in [0.25, 0.3) is 0 Å². The van der Waals surface area contributed by atoms with Gasteiger partial charge in [-0.3, -0.25) is 0 Å². The van der Waals surface area contributed by atoms with Crippen LogP contribution in [-0.2, 0) is 9.53 Å². The summed E-state index contributed by atoms with van der Waals surface area (Å²) >= 11 is 1.00. The van der Waals surface area contributed by atoms with E-state index in [1.807, 2.05) is 20.8 Å². The van der Waals surface area contributed by atoms with E-state index in [0.29, 0.717) is 0 Å². The van der Waals surface area contributed by atoms with E-state index >= 15 is 0 Å². The van der Waals surface area contributed by atoms with E-state index < -0.39 is 28.5 Å². The number of carbonyl (C=O) groups is 1. The Balaban J connectivity index is 3.16. The molecular weight excluding hydrogens is 315 g/mol. The molecule has 1 N–H and O–H groups in total. The highest BCUT2D eigenvalue weighted by Crippen LogP contribution is 2.37. The Morgan fingerprint density at radius 1 is 1.32 bits per heavy atom. The third-order valence-electron chi connectivity index (χ3n) is 2.61. The molecule has 0 aliphatic heterocycles. The number of rotatable bonds is 6. The topological polar surface area (TPSA) is 38.3 Å². The molecule has 7 heteroatoms. The molecule has 1 atom stereocenters. The second-order valence-corrected chi connectivity index (χ2v) is 7.29. The molecule has 0 spiro atoms. The van der Waals surface area contributed by atoms with E-state index in [-0.39, 0.29) is 12.2 Å². The minimum absolute atomic E-state index is 0.176. The Labute approximate surface area is 132 Å². The quantitative estimate of drug-likeness (QED) is 0.627. The minimum Gasteiger partial charge on any atom is -0.462 e. The van der Waals surface area contributed by atoms with Gasteiger partial charge < -0.3 is 4.74 Å². The van der Waals surface area contributed by atoms with Gasteiger partial charge in [-0.2, -0.15) is 8.78 Å². The number of carbonyl (C=O) groups excluding carboxylic acids is 1. The van der Waals surface area contributed by atoms with E-state index in [0.717, 1.165) is 18.0 Å². The Bertz CT molecular complexity index is 518. The van der Waals surface area contributed by atoms with Crippen molar-refractivity contribution in [3.8, 4) is 0 Å². The van der Waals surface area contributed by atoms with Crippen LogP contribution in [0, 0.1) is 5.82 Å². The van der Waals surface area contributed by atoms with Gasteiger partial charge in [0.05, 0.1) is 6.61 Å². The van der Waals surface area contributed by atoms with Crippen LogP contribution in [0.1, 0.15) is 39.3 Å². The van der Waals surface area contributed by atoms with E-state index in [2.05, 4.69) is 9.46 Å². The summed E-state index contributed by atoms with van der Waals surface area (Å²) in [5, 5.41) is 0. The number of alkyl halides is 2. The zero-order valence-electron chi connectivity index (χ0n) is 13.0. The third-order valence-corrected chi connectivity index (χ3v) is 3.58. The van der Waals surface area contributed by atoms with Crippen molar-refractivity contribution in [2.45, 2.75) is 44.4 Å². The van der Waals surface area contributed by atoms with Gasteiger partial charge >= 0.3 is 11.9 Å². The average molecular weight is 335 g/mol. The lowest BCUT2D eigenvalue weighted by Crippen LogP contribution is -2.43. The molecule has 124 valence electrons. The number of nitrogens with one attached hydrogen (secondary N) is 1. The highest BCUT2D eigenvalue weighted by Gasteiger charge is 2.50. The third kappa shape index (κ3) is 4.91. The number of hydrogen-bond donors (Lipinski definition) is 1. The van der Waals surface area contributed by atoms with Crippen molar-refractivity contribution in [2.75, 3.05) is 6.61 Å². The van der Waals surface area contributed by atoms with Crippen LogP contribution in [-0.4, -0.2) is 23.2 Å². The molecule has 0 aromatic heterocycles. The molecule has 0 fully saturated rings. The average Bonchev–Trinajstić information content (AvgIpc) is 2.39. The van der Waals surface area contributed by atoms with Crippen molar-refractivity contribution < 1.29 is 22.7 Å². The summed E-state index contributed by atoms with van der Waals surface area (Å²) in [6.07, 6.45) is 0. The molecule has 0 amide bonds. The molecule has 1 unspecified atom stereocenters. The van der Waals surface area contributed by atoms with Crippen LogP contribution in [0.5, 0.6) is 0 Å². The number of hydrogen-bond acceptors (Lipinski definition) is 4. The molecule has 1 rings (SSSR count). The van der Waals surface area contributed by atoms with Gasteiger partial charge in [-0.25, -0.2) is 13.9 Å². The molecule has 0 aliphatic carbocycles. The molecule has 1 aromatic rings. The van der Waals surface area contributed by atoms with Crippen LogP contribution >= 0.6 is 11.9 Å². The maximum atomic E-state index is 14.4. The molecule has 0 heterocycles. The summed E-state index contributed by atoms with van der Waals surface area (Å²) in [6.45, 7) is 6.69. The van der Waals surface area contributed by atoms with Crippen molar-refractivity contribution in [3.63, 3.8) is 0 Å². The van der Waals surface area contributed by atoms with Crippen LogP contribution < -0.4 is 4.72 Å². The Kier molecular flexibility index (Phi) is 6.31. The number of ether oxygens (including phenoxy) is 1. The minimum atomic E-state index is -3.89. The first kappa shape index (κ1) is 18.8. The van der Waals surface area contributed by atoms with Crippen LogP contribution in [0.2, 0.25) is 0 Å². The summed E-state index contributed by atoms with van der Waals surface area (Å²) in [7, 11) is 0. The molecule has 0 bridgehead atoms. The summed E-state index contributed by atoms with van der Waals surface area (Å²) in [5.74, 6) is -6.38. The Hall–Kier alpha value is -1.21. The summed E-state index contributed by atoms with van der Waals surface area (Å²) in [4.78, 5) is 11.6. The molecule has 3 nitrogen and oxygen atoms in total. The lowest BCUT2D eigenvalue weighted by Gasteiger charge is -2.29. The normalized spacial score (nSPS) is 13.8. The van der Waals surface area contributed by atoms with Gasteiger partial charge in [-0.05, 0) is 33.8 Å². The van der Waals surface area contributed by atoms with Crippen molar-refractivity contribution >= 4 is 17.9 Å². The summed E-state index contributed by atoms with van der Waals surface area (Å²) in [6, 6.07) is 3.32. The molecule has 0 saturated carbocycles. The highest BCUT2D eigenvalue weighted by molar-refractivity contribution is 7.98. The molecule has 0 radical (unpaired) electrons. The van der Waals surface area contributed by atoms with Crippen molar-refractivity contribution in [1.82, 2.24) is 4.72 Å². The van der Waals surface area contributed by atoms with Crippen LogP contribution in [0.15, 0.2) is 24.3 Å². The fourth-order valence-corrected chi connectivity index (χ4v) is 2.37. The number of halogens is 3. The smallest absolute Gasteiger partial charge is 0.379 e. The van der Waals surface area contributed by atoms with Crippen LogP contribution in [0.3, 0.4) is 0 Å². The van der Waals surface area contributed by atoms with E-state index in [4.69, 9.17) is 0 Å². The number of benzene rings is 1. The lowest BCUT2D eigenvalue weighted by molar-refractivity contribution is -0.175. The van der Waals surface area contributed by atoms with Gasteiger partial charge in [0.2, 0.25) is 0 Å². The lowest BCUT2D eigenvalue weighted by atomic mass is 10.0. The first-order chi connectivity index (χ1) is 10.1. The first-order valence-corrected chi connectivity index (χ1v) is 7.64. The van der Waals surface area contributed by atoms with Crippen LogP contribution in [0.4, 0.5) is 13.2 Å². The monoisotopic (exact) mass is 335 g/mol. The zero-order valence-corrected chi connectivity index (χ0v) is 13.8. The predicted octanol–water partition coefficient (Wildman–Crippen LogP) is 4.10. The van der Waals surface area contributed by atoms with Gasteiger partial charge in [-0.15, -0.1) is 0 Å². The standard InChI is InChI=1S/C15H20F3NO2S/c1-5-21-13(20)15(17,18)12(19-22-14(2,3)4)10-8-6-7-9-11(10)16/h6-9,12,19H,5H2,1-4H3. The Morgan fingerprint density at radius 2 is 1.91 bits per heavy atom. The fourth-order valence-electron chi connectivity index (χ4n) is 1.62. The van der Waals surface area contributed by atoms with Crippen molar-refractivity contribution in [1.29, 1.82) is 0 Å². The maximum absolute atomic E-state index is 14.4. The van der Waals surface area contributed by atoms with E-state index in [9.17, 15) is 18.0 Å². The summed E-state index contributed by atoms with van der Waals surface area (Å²) < 4.78 is 49.2. The highest BCUT2D eigenvalue weighted by atomic mass is 32.2. The Morgan fingerprint density at radius 3 is 2.41 bits per heavy atom. The van der Waals surface area contributed by atoms with Crippen LogP contribution in [0.25, 0.3) is 0 Å². The van der Waals surface area contributed by atoms with E-state index in [1.54, 1.807) is 0 Å². The molecule has 0 saturated heterocycles. The predicted molar refractivity (Wildman–Crippen MR) is 81.2 cm³/mol. The molecular formula is C15H20F3NO2S. The SMILES string of the molecule is CCOC(=O)C(F)(F)C(NSC(C)(C)C)c1ccccc1F. The largest absolute Gasteiger partial charge is 0.462 e. The second-order valence-electron chi connectivity index (χ2n) is 5.63. The summed E-state index contributed by atoms with van der Waals surface area (Å²) in [5.41, 5.74) is -0.280. The number of esters is 1. The van der Waals surface area contributed by atoms with E-state index in [1.165, 1.54) is 25.1 Å². The fraction of sp³-hybridized carbons (Fsp3) is 0.533. The molecule has 1 aromatic carbocycles. The van der Waals surface area contributed by atoms with Crippen molar-refractivity contribution in [2.24, 2.45) is 0 Å². The van der Waals surface area contributed by atoms with Gasteiger partial charge in [0.1, 0.15) is 11.9 Å². The molecule has 22 heavy (non-hydrogen) atoms. The first-order valence-electron chi connectivity index (χ1n) is 6.82. The maximum Gasteiger partial charge on any atom is 0.379 e. The van der Waals surface area contributed by atoms with Crippen molar-refractivity contribution in [3.05, 3.63) is 35.6 Å².